The molecule has 3 heterocycles. The average molecular weight is 666 g/mol. The van der Waals surface area contributed by atoms with Gasteiger partial charge in [-0.3, -0.25) is 10.6 Å². The van der Waals surface area contributed by atoms with Gasteiger partial charge in [-0.2, -0.15) is 0 Å². The van der Waals surface area contributed by atoms with Crippen molar-refractivity contribution in [3.05, 3.63) is 174 Å². The number of hydrogen-bond acceptors (Lipinski definition) is 6. The van der Waals surface area contributed by atoms with Gasteiger partial charge in [0.05, 0.1) is 12.3 Å². The van der Waals surface area contributed by atoms with Crippen molar-refractivity contribution < 1.29 is 13.6 Å². The summed E-state index contributed by atoms with van der Waals surface area (Å²) in [6, 6.07) is 43.9. The lowest BCUT2D eigenvalue weighted by molar-refractivity contribution is 0.270. The zero-order valence-electron chi connectivity index (χ0n) is 27.8. The molecule has 6 aromatic carbocycles. The largest absolute Gasteiger partial charge is 0.484 e. The Morgan fingerprint density at radius 2 is 1.43 bits per heavy atom. The molecule has 0 amide bonds. The maximum Gasteiger partial charge on any atom is 0.136 e. The number of allylic oxidation sites excluding steroid dienone is 2. The molecule has 4 N–H and O–H groups in total. The van der Waals surface area contributed by atoms with E-state index in [1.165, 1.54) is 11.1 Å². The highest BCUT2D eigenvalue weighted by molar-refractivity contribution is 6.07. The number of rotatable bonds is 8. The van der Waals surface area contributed by atoms with Crippen LogP contribution in [0.2, 0.25) is 0 Å². The van der Waals surface area contributed by atoms with Crippen molar-refractivity contribution in [1.29, 1.82) is 0 Å². The minimum Gasteiger partial charge on any atom is -0.484 e. The van der Waals surface area contributed by atoms with E-state index in [2.05, 4.69) is 120 Å². The van der Waals surface area contributed by atoms with E-state index < -0.39 is 6.17 Å². The summed E-state index contributed by atoms with van der Waals surface area (Å²) in [4.78, 5) is 0. The average Bonchev–Trinajstić information content (AvgIpc) is 3.87. The summed E-state index contributed by atoms with van der Waals surface area (Å²) >= 11 is 0. The Morgan fingerprint density at radius 1 is 0.627 bits per heavy atom. The number of furan rings is 2. The lowest BCUT2D eigenvalue weighted by Crippen LogP contribution is -2.39. The number of nitrogens with one attached hydrogen (secondary N) is 2. The number of fused-ring (bicyclic) bond motifs is 9. The van der Waals surface area contributed by atoms with Crippen molar-refractivity contribution in [3.63, 3.8) is 0 Å². The van der Waals surface area contributed by atoms with Crippen LogP contribution < -0.4 is 21.1 Å². The molecule has 2 aromatic heterocycles. The van der Waals surface area contributed by atoms with Gasteiger partial charge in [0, 0.05) is 45.1 Å². The van der Waals surface area contributed by atoms with Gasteiger partial charge in [0.1, 0.15) is 34.2 Å². The molecule has 6 heteroatoms. The van der Waals surface area contributed by atoms with Gasteiger partial charge >= 0.3 is 0 Å². The smallest absolute Gasteiger partial charge is 0.136 e. The molecule has 0 fully saturated rings. The highest BCUT2D eigenvalue weighted by Crippen LogP contribution is 2.47. The van der Waals surface area contributed by atoms with Gasteiger partial charge in [-0.15, -0.1) is 0 Å². The second-order valence-electron chi connectivity index (χ2n) is 13.4. The Morgan fingerprint density at radius 3 is 2.37 bits per heavy atom. The molecule has 0 spiro atoms. The molecule has 248 valence electrons. The highest BCUT2D eigenvalue weighted by atomic mass is 16.5. The summed E-state index contributed by atoms with van der Waals surface area (Å²) in [6.45, 7) is 0.623. The first-order chi connectivity index (χ1) is 25.2. The fourth-order valence-electron chi connectivity index (χ4n) is 7.85. The van der Waals surface area contributed by atoms with Gasteiger partial charge in [0.25, 0.3) is 0 Å². The number of nitrogens with two attached hydrogens (primary N) is 1. The number of benzene rings is 6. The second-order valence-corrected chi connectivity index (χ2v) is 13.4. The lowest BCUT2D eigenvalue weighted by atomic mass is 9.90. The predicted octanol–water partition coefficient (Wildman–Crippen LogP) is 10.2. The first kappa shape index (κ1) is 29.9. The van der Waals surface area contributed by atoms with E-state index in [1.54, 1.807) is 0 Å². The molecule has 0 saturated heterocycles. The molecular formula is C45H35N3O3. The minimum atomic E-state index is -0.447. The fourth-order valence-corrected chi connectivity index (χ4v) is 7.85. The van der Waals surface area contributed by atoms with Crippen molar-refractivity contribution in [1.82, 2.24) is 10.6 Å². The number of hydrogen-bond donors (Lipinski definition) is 3. The molecular weight excluding hydrogens is 631 g/mol. The number of ether oxygens (including phenoxy) is 1. The third-order valence-corrected chi connectivity index (χ3v) is 10.4. The zero-order chi connectivity index (χ0) is 33.9. The van der Waals surface area contributed by atoms with Crippen molar-refractivity contribution in [2.24, 2.45) is 5.73 Å². The Bertz CT molecular complexity index is 2650. The third-order valence-electron chi connectivity index (χ3n) is 10.4. The SMILES string of the molecule is NC(NC(NCc1cccc2oc3ccccc3c12)c1ccccc1)c1ccc2oc3cc(-c4cccc5c4OC4C=CC=CC54)ccc3c2c1. The molecule has 0 bridgehead atoms. The van der Waals surface area contributed by atoms with Crippen molar-refractivity contribution >= 4 is 43.9 Å². The topological polar surface area (TPSA) is 85.6 Å². The lowest BCUT2D eigenvalue weighted by Gasteiger charge is -2.25. The Labute approximate surface area is 294 Å². The van der Waals surface area contributed by atoms with Crippen LogP contribution in [0.5, 0.6) is 5.75 Å². The predicted molar refractivity (Wildman–Crippen MR) is 204 cm³/mol. The van der Waals surface area contributed by atoms with Crippen LogP contribution in [0, 0.1) is 0 Å². The molecule has 8 aromatic rings. The zero-order valence-corrected chi connectivity index (χ0v) is 27.8. The van der Waals surface area contributed by atoms with E-state index in [0.717, 1.165) is 71.9 Å². The normalized spacial score (nSPS) is 17.6. The monoisotopic (exact) mass is 665 g/mol. The Hall–Kier alpha value is -5.92. The molecule has 6 nitrogen and oxygen atoms in total. The summed E-state index contributed by atoms with van der Waals surface area (Å²) in [5.41, 5.74) is 17.0. The summed E-state index contributed by atoms with van der Waals surface area (Å²) < 4.78 is 19.0. The summed E-state index contributed by atoms with van der Waals surface area (Å²) in [7, 11) is 0. The van der Waals surface area contributed by atoms with E-state index in [-0.39, 0.29) is 18.2 Å². The van der Waals surface area contributed by atoms with Crippen molar-refractivity contribution in [3.8, 4) is 16.9 Å². The fraction of sp³-hybridized carbons (Fsp3) is 0.111. The highest BCUT2D eigenvalue weighted by Gasteiger charge is 2.33. The van der Waals surface area contributed by atoms with E-state index >= 15 is 0 Å². The molecule has 1 aliphatic heterocycles. The van der Waals surface area contributed by atoms with Gasteiger partial charge in [-0.05, 0) is 64.7 Å². The van der Waals surface area contributed by atoms with Crippen LogP contribution in [0.1, 0.15) is 40.5 Å². The molecule has 4 atom stereocenters. The molecule has 4 unspecified atom stereocenters. The molecule has 10 rings (SSSR count). The quantitative estimate of drug-likeness (QED) is 0.140. The van der Waals surface area contributed by atoms with Crippen molar-refractivity contribution in [2.75, 3.05) is 0 Å². The molecule has 0 saturated carbocycles. The maximum atomic E-state index is 6.94. The van der Waals surface area contributed by atoms with Crippen LogP contribution in [0.15, 0.2) is 161 Å². The van der Waals surface area contributed by atoms with E-state index in [9.17, 15) is 0 Å². The van der Waals surface area contributed by atoms with Crippen LogP contribution >= 0.6 is 0 Å². The van der Waals surface area contributed by atoms with Crippen LogP contribution in [0.25, 0.3) is 55.0 Å². The Balaban J connectivity index is 0.940. The van der Waals surface area contributed by atoms with Gasteiger partial charge in [-0.1, -0.05) is 109 Å². The van der Waals surface area contributed by atoms with Crippen LogP contribution in [-0.4, -0.2) is 6.10 Å². The van der Waals surface area contributed by atoms with E-state index in [4.69, 9.17) is 19.3 Å². The van der Waals surface area contributed by atoms with E-state index in [1.807, 2.05) is 42.5 Å². The first-order valence-electron chi connectivity index (χ1n) is 17.5. The standard InChI is InChI=1S/C45H35N3O3/c46-44(48-45(27-10-2-1-3-11-27)47-26-30-12-8-19-40-42(30)35-14-5-7-18-38(35)49-40)29-21-23-39-36(24-29)33-22-20-28(25-41(33)50-39)31-15-9-16-34-32-13-4-6-17-37(32)51-43(31)34/h1-25,32,37,44-45,47-48H,26,46H2. The summed E-state index contributed by atoms with van der Waals surface area (Å²) in [5.74, 6) is 1.20. The summed E-state index contributed by atoms with van der Waals surface area (Å²) in [5, 5.41) is 11.7. The summed E-state index contributed by atoms with van der Waals surface area (Å²) in [6.07, 6.45) is 7.91. The molecule has 2 aliphatic rings. The van der Waals surface area contributed by atoms with Crippen molar-refractivity contribution in [2.45, 2.75) is 30.9 Å². The van der Waals surface area contributed by atoms with Crippen LogP contribution in [0.4, 0.5) is 0 Å². The molecule has 1 aliphatic carbocycles. The first-order valence-corrected chi connectivity index (χ1v) is 17.5. The minimum absolute atomic E-state index is 0.0418. The maximum absolute atomic E-state index is 6.94. The Kier molecular flexibility index (Phi) is 7.13. The molecule has 51 heavy (non-hydrogen) atoms. The van der Waals surface area contributed by atoms with Gasteiger partial charge in [0.2, 0.25) is 0 Å². The van der Waals surface area contributed by atoms with Gasteiger partial charge in [-0.25, -0.2) is 0 Å². The second kappa shape index (κ2) is 12.1. The molecule has 0 radical (unpaired) electrons. The number of para-hydroxylation sites is 2. The van der Waals surface area contributed by atoms with Crippen LogP contribution in [0.3, 0.4) is 0 Å². The van der Waals surface area contributed by atoms with Gasteiger partial charge < -0.3 is 19.3 Å². The van der Waals surface area contributed by atoms with Crippen LogP contribution in [-0.2, 0) is 6.54 Å². The van der Waals surface area contributed by atoms with Gasteiger partial charge in [0.15, 0.2) is 0 Å². The van der Waals surface area contributed by atoms with E-state index in [0.29, 0.717) is 6.54 Å². The third kappa shape index (κ3) is 5.15.